The highest BCUT2D eigenvalue weighted by atomic mass is 16.3. The van der Waals surface area contributed by atoms with E-state index in [1.54, 1.807) is 0 Å². The molecule has 0 aliphatic rings. The highest BCUT2D eigenvalue weighted by Crippen LogP contribution is 1.68. The van der Waals surface area contributed by atoms with E-state index in [0.717, 1.165) is 13.0 Å². The monoisotopic (exact) mass is 101 g/mol. The summed E-state index contributed by atoms with van der Waals surface area (Å²) in [6, 6.07) is 0. The number of hydrogen-bond donors (Lipinski definition) is 2. The Morgan fingerprint density at radius 2 is 2.29 bits per heavy atom. The zero-order chi connectivity index (χ0) is 5.54. The smallest absolute Gasteiger partial charge is 0.0443 e. The van der Waals surface area contributed by atoms with Gasteiger partial charge >= 0.3 is 0 Å². The molecule has 7 heavy (non-hydrogen) atoms. The molecule has 0 bridgehead atoms. The van der Waals surface area contributed by atoms with Gasteiger partial charge in [0.15, 0.2) is 0 Å². The summed E-state index contributed by atoms with van der Waals surface area (Å²) in [5.41, 5.74) is 0. The molecule has 0 fully saturated rings. The Kier molecular flexibility index (Phi) is 5.85. The average Bonchev–Trinajstić information content (AvgIpc) is 1.69. The first-order valence-electron chi connectivity index (χ1n) is 2.43. The van der Waals surface area contributed by atoms with Crippen molar-refractivity contribution in [2.24, 2.45) is 0 Å². The van der Waals surface area contributed by atoms with Crippen molar-refractivity contribution in [3.63, 3.8) is 0 Å². The Bertz CT molecular complexity index is 27.3. The van der Waals surface area contributed by atoms with Gasteiger partial charge in [-0.2, -0.15) is 0 Å². The van der Waals surface area contributed by atoms with Crippen molar-refractivity contribution in [3.8, 4) is 0 Å². The molecule has 0 rings (SSSR count). The second-order valence-electron chi connectivity index (χ2n) is 1.28. The summed E-state index contributed by atoms with van der Waals surface area (Å²) < 4.78 is 0. The van der Waals surface area contributed by atoms with Crippen LogP contribution in [0.1, 0.15) is 6.42 Å². The molecule has 0 saturated heterocycles. The van der Waals surface area contributed by atoms with E-state index in [2.05, 4.69) is 5.32 Å². The third-order valence-electron chi connectivity index (χ3n) is 0.656. The van der Waals surface area contributed by atoms with Gasteiger partial charge in [-0.15, -0.1) is 0 Å². The molecule has 0 spiro atoms. The molecule has 0 aliphatic heterocycles. The van der Waals surface area contributed by atoms with Gasteiger partial charge in [0.05, 0.1) is 0 Å². The van der Waals surface area contributed by atoms with E-state index in [4.69, 9.17) is 12.0 Å². The number of nitrogens with one attached hydrogen (secondary N) is 1. The number of aliphatic hydroxyl groups is 1. The molecule has 2 N–H and O–H groups in total. The molecule has 0 aromatic rings. The highest BCUT2D eigenvalue weighted by molar-refractivity contribution is 4.45. The minimum absolute atomic E-state index is 0.243. The lowest BCUT2D eigenvalue weighted by Crippen LogP contribution is -2.14. The van der Waals surface area contributed by atoms with Gasteiger partial charge in [0.1, 0.15) is 0 Å². The van der Waals surface area contributed by atoms with E-state index >= 15 is 0 Å². The van der Waals surface area contributed by atoms with Crippen LogP contribution in [0.2, 0.25) is 0 Å². The van der Waals surface area contributed by atoms with Crippen LogP contribution in [0.3, 0.4) is 0 Å². The van der Waals surface area contributed by atoms with Gasteiger partial charge in [0, 0.05) is 6.61 Å². The lowest BCUT2D eigenvalue weighted by Gasteiger charge is -1.94. The number of aliphatic hydroxyl groups excluding tert-OH is 1. The summed E-state index contributed by atoms with van der Waals surface area (Å²) in [4.78, 5) is 0. The maximum atomic E-state index is 8.21. The van der Waals surface area contributed by atoms with Crippen molar-refractivity contribution in [1.29, 1.82) is 0 Å². The number of rotatable bonds is 4. The fourth-order valence-electron chi connectivity index (χ4n) is 0.306. The molecular weight excluding hydrogens is 90.1 g/mol. The Hall–Kier alpha value is -0.0800. The molecule has 0 heterocycles. The van der Waals surface area contributed by atoms with Crippen molar-refractivity contribution in [2.45, 2.75) is 6.42 Å². The first-order valence-corrected chi connectivity index (χ1v) is 2.43. The van der Waals surface area contributed by atoms with E-state index in [0.29, 0.717) is 6.54 Å². The SMILES string of the molecule is [CH]CNCCCO. The van der Waals surface area contributed by atoms with Crippen LogP contribution >= 0.6 is 0 Å². The normalized spacial score (nSPS) is 9.43. The van der Waals surface area contributed by atoms with Crippen LogP contribution in [0.5, 0.6) is 0 Å². The van der Waals surface area contributed by atoms with Gasteiger partial charge in [-0.05, 0) is 26.4 Å². The van der Waals surface area contributed by atoms with Gasteiger partial charge < -0.3 is 10.4 Å². The first-order chi connectivity index (χ1) is 3.41. The Balaban J connectivity index is 2.45. The molecular formula is C5H11NO. The maximum Gasteiger partial charge on any atom is 0.0443 e. The molecule has 0 unspecified atom stereocenters. The molecule has 2 radical (unpaired) electrons. The Morgan fingerprint density at radius 3 is 2.71 bits per heavy atom. The highest BCUT2D eigenvalue weighted by Gasteiger charge is 1.78. The van der Waals surface area contributed by atoms with Gasteiger partial charge in [-0.3, -0.25) is 0 Å². The lowest BCUT2D eigenvalue weighted by atomic mass is 10.4. The molecule has 0 aromatic carbocycles. The van der Waals surface area contributed by atoms with E-state index in [1.165, 1.54) is 0 Å². The second-order valence-corrected chi connectivity index (χ2v) is 1.28. The van der Waals surface area contributed by atoms with Crippen molar-refractivity contribution in [2.75, 3.05) is 19.7 Å². The van der Waals surface area contributed by atoms with E-state index < -0.39 is 0 Å². The molecule has 42 valence electrons. The van der Waals surface area contributed by atoms with Crippen LogP contribution in [-0.4, -0.2) is 24.8 Å². The third kappa shape index (κ3) is 5.92. The van der Waals surface area contributed by atoms with Gasteiger partial charge in [-0.25, -0.2) is 0 Å². The van der Waals surface area contributed by atoms with Crippen LogP contribution in [0.15, 0.2) is 0 Å². The number of hydrogen-bond acceptors (Lipinski definition) is 2. The Labute approximate surface area is 44.5 Å². The summed E-state index contributed by atoms with van der Waals surface area (Å²) in [6.07, 6.45) is 0.789. The van der Waals surface area contributed by atoms with Gasteiger partial charge in [0.2, 0.25) is 0 Å². The Morgan fingerprint density at radius 1 is 1.57 bits per heavy atom. The van der Waals surface area contributed by atoms with Crippen molar-refractivity contribution in [1.82, 2.24) is 5.32 Å². The summed E-state index contributed by atoms with van der Waals surface area (Å²) >= 11 is 0. The zero-order valence-electron chi connectivity index (χ0n) is 4.35. The second kappa shape index (κ2) is 5.92. The molecule has 2 nitrogen and oxygen atoms in total. The van der Waals surface area contributed by atoms with Crippen LogP contribution in [0, 0.1) is 6.92 Å². The predicted octanol–water partition coefficient (Wildman–Crippen LogP) is -0.331. The largest absolute Gasteiger partial charge is 0.396 e. The lowest BCUT2D eigenvalue weighted by molar-refractivity contribution is 0.287. The van der Waals surface area contributed by atoms with Crippen LogP contribution < -0.4 is 5.32 Å². The van der Waals surface area contributed by atoms with Crippen molar-refractivity contribution >= 4 is 0 Å². The molecule has 2 heteroatoms. The molecule has 0 aliphatic carbocycles. The van der Waals surface area contributed by atoms with Crippen molar-refractivity contribution < 1.29 is 5.11 Å². The van der Waals surface area contributed by atoms with Crippen LogP contribution in [0.4, 0.5) is 0 Å². The topological polar surface area (TPSA) is 32.3 Å². The fraction of sp³-hybridized carbons (Fsp3) is 0.800. The quantitative estimate of drug-likeness (QED) is 0.475. The standard InChI is InChI=1S/C5H11NO/c1-2-6-4-3-5-7/h1,6-7H,2-5H2. The third-order valence-corrected chi connectivity index (χ3v) is 0.656. The molecule has 0 atom stereocenters. The van der Waals surface area contributed by atoms with Crippen molar-refractivity contribution in [3.05, 3.63) is 6.92 Å². The summed E-state index contributed by atoms with van der Waals surface area (Å²) in [5.74, 6) is 0. The first kappa shape index (κ1) is 6.92. The predicted molar refractivity (Wildman–Crippen MR) is 28.9 cm³/mol. The van der Waals surface area contributed by atoms with Gasteiger partial charge in [-0.1, -0.05) is 0 Å². The average molecular weight is 101 g/mol. The minimum atomic E-state index is 0.243. The van der Waals surface area contributed by atoms with Gasteiger partial charge in [0.25, 0.3) is 0 Å². The zero-order valence-corrected chi connectivity index (χ0v) is 4.35. The maximum absolute atomic E-state index is 8.21. The molecule has 0 saturated carbocycles. The molecule has 0 aromatic heterocycles. The molecule has 0 amide bonds. The summed E-state index contributed by atoms with van der Waals surface area (Å²) in [7, 11) is 0. The summed E-state index contributed by atoms with van der Waals surface area (Å²) in [6.45, 7) is 6.63. The minimum Gasteiger partial charge on any atom is -0.396 e. The summed E-state index contributed by atoms with van der Waals surface area (Å²) in [5, 5.41) is 11.1. The van der Waals surface area contributed by atoms with Crippen LogP contribution in [0.25, 0.3) is 0 Å². The van der Waals surface area contributed by atoms with Crippen LogP contribution in [-0.2, 0) is 0 Å². The van der Waals surface area contributed by atoms with E-state index in [1.807, 2.05) is 0 Å². The fourth-order valence-corrected chi connectivity index (χ4v) is 0.306. The van der Waals surface area contributed by atoms with E-state index in [9.17, 15) is 0 Å². The van der Waals surface area contributed by atoms with E-state index in [-0.39, 0.29) is 6.61 Å².